The van der Waals surface area contributed by atoms with E-state index in [4.69, 9.17) is 16.0 Å². The van der Waals surface area contributed by atoms with Crippen LogP contribution in [0, 0.1) is 0 Å². The van der Waals surface area contributed by atoms with Crippen LogP contribution in [0.1, 0.15) is 29.8 Å². The molecule has 0 N–H and O–H groups in total. The Bertz CT molecular complexity index is 556. The number of hydrogen-bond donors (Lipinski definition) is 0. The van der Waals surface area contributed by atoms with Gasteiger partial charge in [0.05, 0.1) is 0 Å². The lowest BCUT2D eigenvalue weighted by atomic mass is 9.91. The Morgan fingerprint density at radius 2 is 2.16 bits per heavy atom. The molecule has 0 saturated heterocycles. The molecule has 0 radical (unpaired) electrons. The summed E-state index contributed by atoms with van der Waals surface area (Å²) in [5, 5.41) is 0.963. The van der Waals surface area contributed by atoms with E-state index in [-0.39, 0.29) is 5.91 Å². The van der Waals surface area contributed by atoms with Crippen molar-refractivity contribution in [1.29, 1.82) is 0 Å². The van der Waals surface area contributed by atoms with E-state index in [1.807, 2.05) is 35.2 Å². The zero-order chi connectivity index (χ0) is 13.2. The number of carbonyl (C=O) groups excluding carboxylic acids is 1. The first-order valence-electron chi connectivity index (χ1n) is 6.65. The maximum atomic E-state index is 12.5. The summed E-state index contributed by atoms with van der Waals surface area (Å²) in [6.07, 6.45) is 3.34. The van der Waals surface area contributed by atoms with Gasteiger partial charge in [0.2, 0.25) is 0 Å². The van der Waals surface area contributed by atoms with Crippen molar-refractivity contribution in [2.75, 3.05) is 12.4 Å². The first kappa shape index (κ1) is 12.5. The molecule has 1 aliphatic carbocycles. The number of benzene rings is 1. The molecule has 1 aromatic heterocycles. The monoisotopic (exact) mass is 277 g/mol. The highest BCUT2D eigenvalue weighted by Crippen LogP contribution is 2.27. The predicted molar refractivity (Wildman–Crippen MR) is 75.6 cm³/mol. The van der Waals surface area contributed by atoms with Crippen molar-refractivity contribution >= 4 is 28.5 Å². The standard InChI is InChI=1S/C15H16ClNO2/c16-8-9-17(12-5-3-6-12)15(18)14-10-11-4-1-2-7-13(11)19-14/h1-2,4,7,10,12H,3,5-6,8-9H2. The van der Waals surface area contributed by atoms with Gasteiger partial charge >= 0.3 is 0 Å². The molecule has 3 nitrogen and oxygen atoms in total. The van der Waals surface area contributed by atoms with Gasteiger partial charge in [-0.3, -0.25) is 4.79 Å². The minimum absolute atomic E-state index is 0.0402. The highest BCUT2D eigenvalue weighted by molar-refractivity contribution is 6.18. The third-order valence-corrected chi connectivity index (χ3v) is 3.91. The summed E-state index contributed by atoms with van der Waals surface area (Å²) in [5.41, 5.74) is 0.755. The van der Waals surface area contributed by atoms with Gasteiger partial charge in [-0.05, 0) is 31.4 Å². The van der Waals surface area contributed by atoms with Crippen molar-refractivity contribution in [2.45, 2.75) is 25.3 Å². The van der Waals surface area contributed by atoms with Crippen molar-refractivity contribution in [1.82, 2.24) is 4.90 Å². The minimum Gasteiger partial charge on any atom is -0.451 e. The summed E-state index contributed by atoms with van der Waals surface area (Å²) in [7, 11) is 0. The molecule has 0 atom stereocenters. The molecule has 1 saturated carbocycles. The average molecular weight is 278 g/mol. The van der Waals surface area contributed by atoms with E-state index in [0.29, 0.717) is 24.2 Å². The molecule has 1 heterocycles. The molecule has 0 bridgehead atoms. The molecule has 1 aromatic carbocycles. The number of fused-ring (bicyclic) bond motifs is 1. The first-order valence-corrected chi connectivity index (χ1v) is 7.18. The fraction of sp³-hybridized carbons (Fsp3) is 0.400. The quantitative estimate of drug-likeness (QED) is 0.799. The summed E-state index contributed by atoms with van der Waals surface area (Å²) in [5.74, 6) is 0.836. The number of amides is 1. The van der Waals surface area contributed by atoms with Gasteiger partial charge in [-0.1, -0.05) is 18.2 Å². The van der Waals surface area contributed by atoms with Crippen molar-refractivity contribution in [3.63, 3.8) is 0 Å². The van der Waals surface area contributed by atoms with Crippen LogP contribution in [0.25, 0.3) is 11.0 Å². The van der Waals surface area contributed by atoms with Crippen molar-refractivity contribution < 1.29 is 9.21 Å². The molecule has 0 aliphatic heterocycles. The molecule has 0 unspecified atom stereocenters. The second-order valence-electron chi connectivity index (χ2n) is 4.92. The molecular formula is C15H16ClNO2. The fourth-order valence-corrected chi connectivity index (χ4v) is 2.65. The van der Waals surface area contributed by atoms with E-state index >= 15 is 0 Å². The van der Waals surface area contributed by atoms with E-state index in [0.717, 1.165) is 23.8 Å². The first-order chi connectivity index (χ1) is 9.29. The SMILES string of the molecule is O=C(c1cc2ccccc2o1)N(CCCl)C1CCC1. The average Bonchev–Trinajstić information content (AvgIpc) is 2.79. The van der Waals surface area contributed by atoms with Crippen LogP contribution in [0.2, 0.25) is 0 Å². The Labute approximate surface area is 117 Å². The topological polar surface area (TPSA) is 33.5 Å². The second kappa shape index (κ2) is 5.25. The molecule has 1 aliphatic rings. The maximum absolute atomic E-state index is 12.5. The Hall–Kier alpha value is -1.48. The zero-order valence-corrected chi connectivity index (χ0v) is 11.4. The number of para-hydroxylation sites is 1. The van der Waals surface area contributed by atoms with Crippen LogP contribution in [-0.4, -0.2) is 29.3 Å². The zero-order valence-electron chi connectivity index (χ0n) is 10.6. The molecule has 1 fully saturated rings. The lowest BCUT2D eigenvalue weighted by molar-refractivity contribution is 0.0568. The van der Waals surface area contributed by atoms with Gasteiger partial charge < -0.3 is 9.32 Å². The summed E-state index contributed by atoms with van der Waals surface area (Å²) in [6.45, 7) is 0.585. The number of nitrogens with zero attached hydrogens (tertiary/aromatic N) is 1. The summed E-state index contributed by atoms with van der Waals surface area (Å²) >= 11 is 5.81. The number of furan rings is 1. The van der Waals surface area contributed by atoms with Crippen LogP contribution in [-0.2, 0) is 0 Å². The number of hydrogen-bond acceptors (Lipinski definition) is 2. The third-order valence-electron chi connectivity index (χ3n) is 3.74. The molecule has 3 rings (SSSR count). The Balaban J connectivity index is 1.87. The summed E-state index contributed by atoms with van der Waals surface area (Å²) < 4.78 is 5.64. The van der Waals surface area contributed by atoms with Crippen LogP contribution in [0.3, 0.4) is 0 Å². The number of alkyl halides is 1. The van der Waals surface area contributed by atoms with Gasteiger partial charge in [-0.25, -0.2) is 0 Å². The largest absolute Gasteiger partial charge is 0.451 e. The number of carbonyl (C=O) groups is 1. The number of halogens is 1. The fourth-order valence-electron chi connectivity index (χ4n) is 2.47. The molecule has 1 amide bonds. The maximum Gasteiger partial charge on any atom is 0.289 e. The third kappa shape index (κ3) is 2.35. The number of rotatable bonds is 4. The van der Waals surface area contributed by atoms with Crippen molar-refractivity contribution in [3.8, 4) is 0 Å². The summed E-state index contributed by atoms with van der Waals surface area (Å²) in [6, 6.07) is 9.82. The smallest absolute Gasteiger partial charge is 0.289 e. The Morgan fingerprint density at radius 3 is 2.79 bits per heavy atom. The molecule has 19 heavy (non-hydrogen) atoms. The predicted octanol–water partition coefficient (Wildman–Crippen LogP) is 3.67. The van der Waals surface area contributed by atoms with Gasteiger partial charge in [0.1, 0.15) is 5.58 Å². The highest BCUT2D eigenvalue weighted by atomic mass is 35.5. The van der Waals surface area contributed by atoms with E-state index < -0.39 is 0 Å². The lowest BCUT2D eigenvalue weighted by Crippen LogP contribution is -2.45. The van der Waals surface area contributed by atoms with Gasteiger partial charge in [0, 0.05) is 23.9 Å². The minimum atomic E-state index is -0.0402. The van der Waals surface area contributed by atoms with Crippen LogP contribution >= 0.6 is 11.6 Å². The molecule has 100 valence electrons. The van der Waals surface area contributed by atoms with Crippen molar-refractivity contribution in [3.05, 3.63) is 36.1 Å². The van der Waals surface area contributed by atoms with Crippen LogP contribution in [0.4, 0.5) is 0 Å². The molecular weight excluding hydrogens is 262 g/mol. The molecule has 0 spiro atoms. The van der Waals surface area contributed by atoms with Crippen molar-refractivity contribution in [2.24, 2.45) is 0 Å². The molecule has 4 heteroatoms. The highest BCUT2D eigenvalue weighted by Gasteiger charge is 2.30. The second-order valence-corrected chi connectivity index (χ2v) is 5.30. The van der Waals surface area contributed by atoms with E-state index in [1.54, 1.807) is 0 Å². The summed E-state index contributed by atoms with van der Waals surface area (Å²) in [4.78, 5) is 14.4. The van der Waals surface area contributed by atoms with E-state index in [1.165, 1.54) is 6.42 Å². The normalized spacial score (nSPS) is 15.4. The molecule has 2 aromatic rings. The Morgan fingerprint density at radius 1 is 1.37 bits per heavy atom. The van der Waals surface area contributed by atoms with Gasteiger partial charge in [-0.15, -0.1) is 11.6 Å². The van der Waals surface area contributed by atoms with Crippen LogP contribution in [0.5, 0.6) is 0 Å². The Kier molecular flexibility index (Phi) is 3.47. The van der Waals surface area contributed by atoms with Gasteiger partial charge in [0.15, 0.2) is 5.76 Å². The van der Waals surface area contributed by atoms with Gasteiger partial charge in [-0.2, -0.15) is 0 Å². The van der Waals surface area contributed by atoms with E-state index in [9.17, 15) is 4.79 Å². The van der Waals surface area contributed by atoms with Gasteiger partial charge in [0.25, 0.3) is 5.91 Å². The van der Waals surface area contributed by atoms with Crippen LogP contribution in [0.15, 0.2) is 34.7 Å². The lowest BCUT2D eigenvalue weighted by Gasteiger charge is -2.36. The van der Waals surface area contributed by atoms with E-state index in [2.05, 4.69) is 0 Å². The van der Waals surface area contributed by atoms with Crippen LogP contribution < -0.4 is 0 Å².